The standard InChI is InChI=1S/C19H24N2O3S/c1-14-11-15(2)13-17(12-14)21(25(4,23)24)10-9-19(22)20-18-8-6-5-7-16(18)3/h5-8,11-13H,9-10H2,1-4H3,(H,20,22). The summed E-state index contributed by atoms with van der Waals surface area (Å²) in [5.74, 6) is -0.215. The van der Waals surface area contributed by atoms with Gasteiger partial charge in [-0.1, -0.05) is 24.3 Å². The van der Waals surface area contributed by atoms with Crippen molar-refractivity contribution in [3.63, 3.8) is 0 Å². The molecule has 1 amide bonds. The van der Waals surface area contributed by atoms with Crippen LogP contribution < -0.4 is 9.62 Å². The summed E-state index contributed by atoms with van der Waals surface area (Å²) < 4.78 is 25.6. The predicted octanol–water partition coefficient (Wildman–Crippen LogP) is 3.41. The van der Waals surface area contributed by atoms with Crippen molar-refractivity contribution in [2.75, 3.05) is 22.4 Å². The Balaban J connectivity index is 2.13. The lowest BCUT2D eigenvalue weighted by molar-refractivity contribution is -0.116. The van der Waals surface area contributed by atoms with Crippen molar-refractivity contribution in [3.8, 4) is 0 Å². The smallest absolute Gasteiger partial charge is 0.232 e. The molecule has 0 aliphatic rings. The van der Waals surface area contributed by atoms with Gasteiger partial charge in [0.25, 0.3) is 0 Å². The summed E-state index contributed by atoms with van der Waals surface area (Å²) >= 11 is 0. The van der Waals surface area contributed by atoms with Crippen LogP contribution in [0.5, 0.6) is 0 Å². The van der Waals surface area contributed by atoms with Gasteiger partial charge in [0.1, 0.15) is 0 Å². The van der Waals surface area contributed by atoms with Crippen LogP contribution in [-0.4, -0.2) is 27.1 Å². The zero-order chi connectivity index (χ0) is 18.6. The number of aryl methyl sites for hydroxylation is 3. The summed E-state index contributed by atoms with van der Waals surface area (Å²) in [4.78, 5) is 12.2. The number of hydrogen-bond acceptors (Lipinski definition) is 3. The van der Waals surface area contributed by atoms with Crippen molar-refractivity contribution in [1.29, 1.82) is 0 Å². The molecule has 0 radical (unpaired) electrons. The molecule has 1 N–H and O–H groups in total. The maximum absolute atomic E-state index is 12.2. The van der Waals surface area contributed by atoms with Crippen molar-refractivity contribution >= 4 is 27.3 Å². The Bertz CT molecular complexity index is 856. The first-order valence-electron chi connectivity index (χ1n) is 8.08. The van der Waals surface area contributed by atoms with E-state index < -0.39 is 10.0 Å². The van der Waals surface area contributed by atoms with E-state index in [1.54, 1.807) is 0 Å². The average molecular weight is 360 g/mol. The predicted molar refractivity (Wildman–Crippen MR) is 103 cm³/mol. The fourth-order valence-electron chi connectivity index (χ4n) is 2.71. The Morgan fingerprint density at radius 1 is 1.04 bits per heavy atom. The Morgan fingerprint density at radius 2 is 1.64 bits per heavy atom. The van der Waals surface area contributed by atoms with E-state index in [9.17, 15) is 13.2 Å². The zero-order valence-electron chi connectivity index (χ0n) is 15.0. The van der Waals surface area contributed by atoms with Crippen molar-refractivity contribution in [2.45, 2.75) is 27.2 Å². The molecule has 0 spiro atoms. The number of sulfonamides is 1. The Hall–Kier alpha value is -2.34. The summed E-state index contributed by atoms with van der Waals surface area (Å²) in [5.41, 5.74) is 4.25. The minimum Gasteiger partial charge on any atom is -0.326 e. The second kappa shape index (κ2) is 7.70. The van der Waals surface area contributed by atoms with Crippen LogP contribution in [0.4, 0.5) is 11.4 Å². The van der Waals surface area contributed by atoms with Crippen molar-refractivity contribution in [2.24, 2.45) is 0 Å². The van der Waals surface area contributed by atoms with Gasteiger partial charge >= 0.3 is 0 Å². The number of carbonyl (C=O) groups excluding carboxylic acids is 1. The zero-order valence-corrected chi connectivity index (χ0v) is 15.9. The van der Waals surface area contributed by atoms with Crippen LogP contribution in [0, 0.1) is 20.8 Å². The quantitative estimate of drug-likeness (QED) is 0.858. The monoisotopic (exact) mass is 360 g/mol. The summed E-state index contributed by atoms with van der Waals surface area (Å²) in [5, 5.41) is 2.83. The molecule has 2 aromatic rings. The van der Waals surface area contributed by atoms with Gasteiger partial charge in [-0.15, -0.1) is 0 Å². The molecule has 0 fully saturated rings. The number of rotatable bonds is 6. The van der Waals surface area contributed by atoms with E-state index in [2.05, 4.69) is 5.32 Å². The number of nitrogens with zero attached hydrogens (tertiary/aromatic N) is 1. The SMILES string of the molecule is Cc1cc(C)cc(N(CCC(=O)Nc2ccccc2C)S(C)(=O)=O)c1. The molecule has 6 heteroatoms. The van der Waals surface area contributed by atoms with E-state index in [1.807, 2.05) is 63.2 Å². The molecule has 0 aliphatic carbocycles. The third kappa shape index (κ3) is 5.32. The van der Waals surface area contributed by atoms with Gasteiger partial charge in [0, 0.05) is 18.7 Å². The summed E-state index contributed by atoms with van der Waals surface area (Å²) in [6.45, 7) is 5.84. The third-order valence-electron chi connectivity index (χ3n) is 3.86. The van der Waals surface area contributed by atoms with Crippen LogP contribution in [0.15, 0.2) is 42.5 Å². The average Bonchev–Trinajstić information content (AvgIpc) is 2.47. The molecule has 0 bridgehead atoms. The van der Waals surface area contributed by atoms with Crippen LogP contribution in [0.3, 0.4) is 0 Å². The summed E-state index contributed by atoms with van der Waals surface area (Å²) in [6, 6.07) is 13.1. The van der Waals surface area contributed by atoms with Crippen molar-refractivity contribution in [1.82, 2.24) is 0 Å². The highest BCUT2D eigenvalue weighted by Crippen LogP contribution is 2.22. The lowest BCUT2D eigenvalue weighted by atomic mass is 10.1. The molecule has 0 heterocycles. The van der Waals surface area contributed by atoms with Gasteiger partial charge in [-0.2, -0.15) is 0 Å². The second-order valence-corrected chi connectivity index (χ2v) is 8.20. The highest BCUT2D eigenvalue weighted by Gasteiger charge is 2.19. The van der Waals surface area contributed by atoms with Gasteiger partial charge in [0.05, 0.1) is 11.9 Å². The molecule has 0 atom stereocenters. The van der Waals surface area contributed by atoms with Gasteiger partial charge in [-0.05, 0) is 55.7 Å². The number of anilines is 2. The van der Waals surface area contributed by atoms with Crippen LogP contribution in [0.1, 0.15) is 23.1 Å². The molecular weight excluding hydrogens is 336 g/mol. The first kappa shape index (κ1) is 19.0. The highest BCUT2D eigenvalue weighted by molar-refractivity contribution is 7.92. The molecule has 134 valence electrons. The first-order valence-corrected chi connectivity index (χ1v) is 9.93. The van der Waals surface area contributed by atoms with Gasteiger partial charge in [-0.3, -0.25) is 9.10 Å². The number of carbonyl (C=O) groups is 1. The van der Waals surface area contributed by atoms with Crippen molar-refractivity contribution < 1.29 is 13.2 Å². The number of para-hydroxylation sites is 1. The van der Waals surface area contributed by atoms with Crippen LogP contribution >= 0.6 is 0 Å². The maximum Gasteiger partial charge on any atom is 0.232 e. The summed E-state index contributed by atoms with van der Waals surface area (Å²) in [6.07, 6.45) is 1.23. The third-order valence-corrected chi connectivity index (χ3v) is 5.05. The Kier molecular flexibility index (Phi) is 5.85. The first-order chi connectivity index (χ1) is 11.7. The van der Waals surface area contributed by atoms with Crippen LogP contribution in [0.25, 0.3) is 0 Å². The fourth-order valence-corrected chi connectivity index (χ4v) is 3.62. The number of benzene rings is 2. The molecule has 0 unspecified atom stereocenters. The van der Waals surface area contributed by atoms with E-state index in [0.29, 0.717) is 5.69 Å². The topological polar surface area (TPSA) is 66.5 Å². The van der Waals surface area contributed by atoms with Gasteiger partial charge in [0.2, 0.25) is 15.9 Å². The van der Waals surface area contributed by atoms with Gasteiger partial charge in [0.15, 0.2) is 0 Å². The summed E-state index contributed by atoms with van der Waals surface area (Å²) in [7, 11) is -3.47. The number of nitrogens with one attached hydrogen (secondary N) is 1. The van der Waals surface area contributed by atoms with E-state index in [1.165, 1.54) is 4.31 Å². The largest absolute Gasteiger partial charge is 0.326 e. The van der Waals surface area contributed by atoms with E-state index in [0.717, 1.165) is 28.6 Å². The Labute approximate surface area is 149 Å². The lowest BCUT2D eigenvalue weighted by Gasteiger charge is -2.23. The molecule has 0 saturated carbocycles. The second-order valence-electron chi connectivity index (χ2n) is 6.29. The number of amides is 1. The highest BCUT2D eigenvalue weighted by atomic mass is 32.2. The van der Waals surface area contributed by atoms with E-state index >= 15 is 0 Å². The molecule has 0 aliphatic heterocycles. The number of hydrogen-bond donors (Lipinski definition) is 1. The molecule has 0 aromatic heterocycles. The molecule has 5 nitrogen and oxygen atoms in total. The van der Waals surface area contributed by atoms with Crippen LogP contribution in [0.2, 0.25) is 0 Å². The molecule has 0 saturated heterocycles. The fraction of sp³-hybridized carbons (Fsp3) is 0.316. The lowest BCUT2D eigenvalue weighted by Crippen LogP contribution is -2.33. The minimum atomic E-state index is -3.47. The molecular formula is C19H24N2O3S. The Morgan fingerprint density at radius 3 is 2.20 bits per heavy atom. The minimum absolute atomic E-state index is 0.0778. The van der Waals surface area contributed by atoms with Gasteiger partial charge in [-0.25, -0.2) is 8.42 Å². The molecule has 2 aromatic carbocycles. The normalized spacial score (nSPS) is 11.2. The molecule has 25 heavy (non-hydrogen) atoms. The maximum atomic E-state index is 12.2. The van der Waals surface area contributed by atoms with E-state index in [-0.39, 0.29) is 18.9 Å². The van der Waals surface area contributed by atoms with Crippen LogP contribution in [-0.2, 0) is 14.8 Å². The molecule has 2 rings (SSSR count). The van der Waals surface area contributed by atoms with Crippen molar-refractivity contribution in [3.05, 3.63) is 59.2 Å². The van der Waals surface area contributed by atoms with E-state index in [4.69, 9.17) is 0 Å². The van der Waals surface area contributed by atoms with Gasteiger partial charge < -0.3 is 5.32 Å².